The molecular weight excluding hydrogens is 371 g/mol. The molecule has 0 atom stereocenters. The zero-order valence-electron chi connectivity index (χ0n) is 15.2. The maximum Gasteiger partial charge on any atom is 0.233 e. The molecule has 0 spiro atoms. The van der Waals surface area contributed by atoms with Crippen molar-refractivity contribution in [3.8, 4) is 5.82 Å². The summed E-state index contributed by atoms with van der Waals surface area (Å²) in [6.07, 6.45) is 3.08. The molecule has 1 N–H and O–H groups in total. The van der Waals surface area contributed by atoms with E-state index in [0.29, 0.717) is 11.6 Å². The second kappa shape index (κ2) is 6.87. The Balaban J connectivity index is 1.35. The van der Waals surface area contributed by atoms with Gasteiger partial charge in [0.1, 0.15) is 11.3 Å². The van der Waals surface area contributed by atoms with Crippen LogP contribution in [0.2, 0.25) is 0 Å². The van der Waals surface area contributed by atoms with E-state index in [9.17, 15) is 9.18 Å². The monoisotopic (exact) mass is 386 g/mol. The molecule has 1 amide bonds. The Labute approximate surface area is 164 Å². The fraction of sp³-hybridized carbons (Fsp3) is 0.0455. The molecule has 2 aromatic carbocycles. The topological polar surface area (TPSA) is 73.0 Å². The summed E-state index contributed by atoms with van der Waals surface area (Å²) in [6.45, 7) is 0. The minimum absolute atomic E-state index is 0.0633. The van der Waals surface area contributed by atoms with Gasteiger partial charge in [-0.3, -0.25) is 4.79 Å². The van der Waals surface area contributed by atoms with E-state index >= 15 is 0 Å². The molecule has 0 aliphatic carbocycles. The highest BCUT2D eigenvalue weighted by atomic mass is 19.1. The lowest BCUT2D eigenvalue weighted by Gasteiger charge is -2.02. The molecular formula is C22H15FN4O2. The number of hydrogen-bond acceptors (Lipinski definition) is 4. The van der Waals surface area contributed by atoms with Gasteiger partial charge in [-0.2, -0.15) is 0 Å². The predicted molar refractivity (Wildman–Crippen MR) is 107 cm³/mol. The molecule has 0 fully saturated rings. The molecule has 6 nitrogen and oxygen atoms in total. The number of hydrogen-bond donors (Lipinski definition) is 1. The van der Waals surface area contributed by atoms with Gasteiger partial charge < -0.3 is 9.73 Å². The number of carbonyl (C=O) groups is 1. The van der Waals surface area contributed by atoms with Gasteiger partial charge >= 0.3 is 0 Å². The first-order valence-corrected chi connectivity index (χ1v) is 9.04. The Kier molecular flexibility index (Phi) is 4.05. The molecule has 0 bridgehead atoms. The smallest absolute Gasteiger partial charge is 0.233 e. The summed E-state index contributed by atoms with van der Waals surface area (Å²) >= 11 is 0. The van der Waals surface area contributed by atoms with E-state index < -0.39 is 5.82 Å². The number of rotatable bonds is 4. The van der Waals surface area contributed by atoms with Crippen molar-refractivity contribution in [2.24, 2.45) is 0 Å². The summed E-state index contributed by atoms with van der Waals surface area (Å²) in [5, 5.41) is 10.0. The Morgan fingerprint density at radius 1 is 1.07 bits per heavy atom. The second-order valence-corrected chi connectivity index (χ2v) is 6.59. The van der Waals surface area contributed by atoms with Gasteiger partial charge in [-0.1, -0.05) is 30.3 Å². The Hall–Kier alpha value is -4.00. The molecule has 5 rings (SSSR count). The molecule has 0 aliphatic heterocycles. The molecule has 0 aliphatic rings. The number of nitrogens with one attached hydrogen (secondary N) is 1. The van der Waals surface area contributed by atoms with E-state index in [1.54, 1.807) is 6.07 Å². The van der Waals surface area contributed by atoms with E-state index in [-0.39, 0.29) is 18.1 Å². The third-order valence-corrected chi connectivity index (χ3v) is 4.62. The highest BCUT2D eigenvalue weighted by Crippen LogP contribution is 2.28. The highest BCUT2D eigenvalue weighted by molar-refractivity contribution is 6.06. The lowest BCUT2D eigenvalue weighted by molar-refractivity contribution is -0.115. The van der Waals surface area contributed by atoms with Crippen molar-refractivity contribution < 1.29 is 13.6 Å². The number of carbonyl (C=O) groups excluding carboxylic acids is 1. The molecule has 0 radical (unpaired) electrons. The summed E-state index contributed by atoms with van der Waals surface area (Å²) in [5.74, 6) is 0.158. The standard InChI is InChI=1S/C22H15FN4O2/c23-18-6-3-10-24-22(18)27-11-9-20(26-27)25-21(28)13-15-12-17-16-5-2-1-4-14(16)7-8-19(17)29-15/h1-12H,13H2,(H,25,26,28). The minimum atomic E-state index is -0.497. The van der Waals surface area contributed by atoms with E-state index in [1.807, 2.05) is 42.5 Å². The second-order valence-electron chi connectivity index (χ2n) is 6.59. The summed E-state index contributed by atoms with van der Waals surface area (Å²) in [4.78, 5) is 16.4. The van der Waals surface area contributed by atoms with Crippen molar-refractivity contribution in [2.75, 3.05) is 5.32 Å². The molecule has 0 unspecified atom stereocenters. The van der Waals surface area contributed by atoms with Crippen LogP contribution in [0, 0.1) is 5.82 Å². The number of nitrogens with zero attached hydrogens (tertiary/aromatic N) is 3. The molecule has 0 saturated carbocycles. The van der Waals surface area contributed by atoms with Gasteiger partial charge in [0.2, 0.25) is 5.91 Å². The van der Waals surface area contributed by atoms with Crippen LogP contribution in [0.1, 0.15) is 5.76 Å². The van der Waals surface area contributed by atoms with Crippen molar-refractivity contribution in [1.29, 1.82) is 0 Å². The van der Waals surface area contributed by atoms with Gasteiger partial charge in [-0.25, -0.2) is 14.1 Å². The van der Waals surface area contributed by atoms with E-state index in [1.165, 1.54) is 29.2 Å². The SMILES string of the molecule is O=C(Cc1cc2c(ccc3ccccc32)o1)Nc1ccn(-c2ncccc2F)n1. The van der Waals surface area contributed by atoms with Crippen molar-refractivity contribution in [2.45, 2.75) is 6.42 Å². The van der Waals surface area contributed by atoms with Crippen LogP contribution in [0.15, 0.2) is 77.5 Å². The van der Waals surface area contributed by atoms with Gasteiger partial charge in [0, 0.05) is 23.8 Å². The van der Waals surface area contributed by atoms with E-state index in [0.717, 1.165) is 21.7 Å². The lowest BCUT2D eigenvalue weighted by Crippen LogP contribution is -2.14. The Morgan fingerprint density at radius 2 is 1.97 bits per heavy atom. The van der Waals surface area contributed by atoms with Crippen molar-refractivity contribution in [3.63, 3.8) is 0 Å². The quantitative estimate of drug-likeness (QED) is 0.494. The van der Waals surface area contributed by atoms with Crippen LogP contribution in [-0.2, 0) is 11.2 Å². The molecule has 3 heterocycles. The zero-order valence-corrected chi connectivity index (χ0v) is 15.2. The first-order valence-electron chi connectivity index (χ1n) is 9.04. The maximum atomic E-state index is 13.8. The minimum Gasteiger partial charge on any atom is -0.461 e. The fourth-order valence-electron chi connectivity index (χ4n) is 3.33. The number of aromatic nitrogens is 3. The summed E-state index contributed by atoms with van der Waals surface area (Å²) in [6, 6.07) is 18.2. The van der Waals surface area contributed by atoms with Crippen LogP contribution in [0.4, 0.5) is 10.2 Å². The van der Waals surface area contributed by atoms with Crippen molar-refractivity contribution in [3.05, 3.63) is 84.6 Å². The lowest BCUT2D eigenvalue weighted by atomic mass is 10.1. The summed E-state index contributed by atoms with van der Waals surface area (Å²) < 4.78 is 20.9. The summed E-state index contributed by atoms with van der Waals surface area (Å²) in [5.41, 5.74) is 0.737. The van der Waals surface area contributed by atoms with E-state index in [4.69, 9.17) is 4.42 Å². The largest absolute Gasteiger partial charge is 0.461 e. The molecule has 5 aromatic rings. The van der Waals surface area contributed by atoms with Crippen LogP contribution >= 0.6 is 0 Å². The molecule has 0 saturated heterocycles. The maximum absolute atomic E-state index is 13.8. The van der Waals surface area contributed by atoms with Crippen LogP contribution in [-0.4, -0.2) is 20.7 Å². The van der Waals surface area contributed by atoms with Gasteiger partial charge in [0.05, 0.1) is 6.42 Å². The molecule has 29 heavy (non-hydrogen) atoms. The van der Waals surface area contributed by atoms with Crippen LogP contribution < -0.4 is 5.32 Å². The van der Waals surface area contributed by atoms with Crippen molar-refractivity contribution in [1.82, 2.24) is 14.8 Å². The average molecular weight is 386 g/mol. The third kappa shape index (κ3) is 3.23. The third-order valence-electron chi connectivity index (χ3n) is 4.62. The molecule has 7 heteroatoms. The Bertz CT molecular complexity index is 1360. The van der Waals surface area contributed by atoms with Gasteiger partial charge in [0.15, 0.2) is 17.5 Å². The van der Waals surface area contributed by atoms with Gasteiger partial charge in [0.25, 0.3) is 0 Å². The van der Waals surface area contributed by atoms with Gasteiger partial charge in [-0.15, -0.1) is 5.10 Å². The number of fused-ring (bicyclic) bond motifs is 3. The zero-order chi connectivity index (χ0) is 19.8. The number of amides is 1. The number of halogens is 1. The number of pyridine rings is 1. The van der Waals surface area contributed by atoms with Crippen molar-refractivity contribution >= 4 is 33.5 Å². The molecule has 3 aromatic heterocycles. The fourth-order valence-corrected chi connectivity index (χ4v) is 3.33. The first kappa shape index (κ1) is 17.1. The number of anilines is 1. The molecule has 142 valence electrons. The van der Waals surface area contributed by atoms with Crippen LogP contribution in [0.25, 0.3) is 27.6 Å². The summed E-state index contributed by atoms with van der Waals surface area (Å²) in [7, 11) is 0. The van der Waals surface area contributed by atoms with Gasteiger partial charge in [-0.05, 0) is 35.0 Å². The van der Waals surface area contributed by atoms with E-state index in [2.05, 4.69) is 15.4 Å². The first-order chi connectivity index (χ1) is 14.2. The normalized spacial score (nSPS) is 11.2. The highest BCUT2D eigenvalue weighted by Gasteiger charge is 2.13. The number of furan rings is 1. The van der Waals surface area contributed by atoms with Crippen LogP contribution in [0.5, 0.6) is 0 Å². The predicted octanol–water partition coefficient (Wildman–Crippen LogP) is 4.49. The average Bonchev–Trinajstić information content (AvgIpc) is 3.35. The Morgan fingerprint density at radius 3 is 2.86 bits per heavy atom. The number of benzene rings is 2. The van der Waals surface area contributed by atoms with Crippen LogP contribution in [0.3, 0.4) is 0 Å².